The first-order chi connectivity index (χ1) is 16.9. The number of piperidine rings is 1. The molecule has 1 aromatic rings. The molecule has 0 aliphatic carbocycles. The second-order valence-electron chi connectivity index (χ2n) is 8.88. The van der Waals surface area contributed by atoms with Gasteiger partial charge in [-0.3, -0.25) is 4.79 Å². The number of aromatic hydroxyl groups is 2. The number of carbonyl (C=O) groups excluding carboxylic acids is 2. The van der Waals surface area contributed by atoms with Crippen LogP contribution in [0.1, 0.15) is 61.4 Å². The molecule has 0 saturated carbocycles. The molecule has 8 nitrogen and oxygen atoms in total. The van der Waals surface area contributed by atoms with Gasteiger partial charge in [0.05, 0.1) is 17.3 Å². The number of nitrogens with zero attached hydrogens (tertiary/aromatic N) is 2. The van der Waals surface area contributed by atoms with Crippen molar-refractivity contribution in [3.8, 4) is 11.5 Å². The minimum absolute atomic E-state index is 0.0240. The number of allylic oxidation sites excluding steroid dienone is 4. The summed E-state index contributed by atoms with van der Waals surface area (Å²) in [5.41, 5.74) is 0.421. The number of rotatable bonds is 3. The maximum absolute atomic E-state index is 12.8. The Hall–Kier alpha value is -3.00. The number of halogens is 1. The second kappa shape index (κ2) is 13.2. The summed E-state index contributed by atoms with van der Waals surface area (Å²) in [7, 11) is 0. The van der Waals surface area contributed by atoms with Gasteiger partial charge in [-0.1, -0.05) is 41.9 Å². The maximum atomic E-state index is 12.8. The lowest BCUT2D eigenvalue weighted by Crippen LogP contribution is -2.37. The Morgan fingerprint density at radius 2 is 1.97 bits per heavy atom. The molecule has 0 spiro atoms. The van der Waals surface area contributed by atoms with Crippen molar-refractivity contribution >= 4 is 29.2 Å². The molecular formula is C26H33ClN2O6. The molecule has 9 heteroatoms. The van der Waals surface area contributed by atoms with E-state index >= 15 is 0 Å². The van der Waals surface area contributed by atoms with Gasteiger partial charge in [0.1, 0.15) is 17.1 Å². The van der Waals surface area contributed by atoms with Gasteiger partial charge in [0.25, 0.3) is 5.91 Å². The highest BCUT2D eigenvalue weighted by atomic mass is 35.5. The van der Waals surface area contributed by atoms with Crippen LogP contribution in [0.3, 0.4) is 0 Å². The van der Waals surface area contributed by atoms with Gasteiger partial charge in [-0.15, -0.1) is 0 Å². The average Bonchev–Trinajstić information content (AvgIpc) is 2.84. The highest BCUT2D eigenvalue weighted by Crippen LogP contribution is 2.37. The SMILES string of the molecule is CC1/C=C/CCCOC(=O)c2c(O)cc(O)c(Cl)c2CC(=N\OCC(=O)N2CCCCC2)/C=C/C1. The number of fused-ring (bicyclic) bond motifs is 1. The van der Waals surface area contributed by atoms with Crippen molar-refractivity contribution in [2.45, 2.75) is 51.9 Å². The first-order valence-corrected chi connectivity index (χ1v) is 12.4. The van der Waals surface area contributed by atoms with E-state index in [0.717, 1.165) is 38.2 Å². The lowest BCUT2D eigenvalue weighted by atomic mass is 9.99. The summed E-state index contributed by atoms with van der Waals surface area (Å²) in [5.74, 6) is -1.39. The van der Waals surface area contributed by atoms with Gasteiger partial charge in [0, 0.05) is 25.6 Å². The van der Waals surface area contributed by atoms with Crippen LogP contribution in [0.5, 0.6) is 11.5 Å². The van der Waals surface area contributed by atoms with Crippen molar-refractivity contribution in [3.05, 3.63) is 46.5 Å². The highest BCUT2D eigenvalue weighted by Gasteiger charge is 2.25. The molecule has 1 aromatic carbocycles. The van der Waals surface area contributed by atoms with Gasteiger partial charge in [-0.2, -0.15) is 0 Å². The summed E-state index contributed by atoms with van der Waals surface area (Å²) >= 11 is 6.34. The number of phenols is 2. The molecule has 1 atom stereocenters. The van der Waals surface area contributed by atoms with Crippen LogP contribution in [0.15, 0.2) is 35.5 Å². The van der Waals surface area contributed by atoms with Gasteiger partial charge in [0.2, 0.25) is 0 Å². The van der Waals surface area contributed by atoms with Crippen LogP contribution in [0, 0.1) is 5.92 Å². The molecule has 0 radical (unpaired) electrons. The summed E-state index contributed by atoms with van der Waals surface area (Å²) in [6.45, 7) is 3.49. The average molecular weight is 505 g/mol. The quantitative estimate of drug-likeness (QED) is 0.349. The lowest BCUT2D eigenvalue weighted by Gasteiger charge is -2.26. The fourth-order valence-corrected chi connectivity index (χ4v) is 4.27. The summed E-state index contributed by atoms with van der Waals surface area (Å²) in [6, 6.07) is 1.02. The van der Waals surface area contributed by atoms with E-state index in [1.165, 1.54) is 0 Å². The number of cyclic esters (lactones) is 1. The van der Waals surface area contributed by atoms with Gasteiger partial charge < -0.3 is 24.7 Å². The van der Waals surface area contributed by atoms with E-state index in [1.54, 1.807) is 11.0 Å². The molecule has 1 amide bonds. The number of oxime groups is 1. The normalized spacial score (nSPS) is 22.9. The topological polar surface area (TPSA) is 109 Å². The predicted octanol–water partition coefficient (Wildman–Crippen LogP) is 4.77. The first kappa shape index (κ1) is 26.6. The Labute approximate surface area is 210 Å². The monoisotopic (exact) mass is 504 g/mol. The van der Waals surface area contributed by atoms with Crippen LogP contribution in [0.2, 0.25) is 5.02 Å². The summed E-state index contributed by atoms with van der Waals surface area (Å²) in [6.07, 6.45) is 13.0. The summed E-state index contributed by atoms with van der Waals surface area (Å²) < 4.78 is 5.35. The number of hydrogen-bond acceptors (Lipinski definition) is 7. The van der Waals surface area contributed by atoms with E-state index in [4.69, 9.17) is 21.2 Å². The summed E-state index contributed by atoms with van der Waals surface area (Å²) in [5, 5.41) is 24.7. The lowest BCUT2D eigenvalue weighted by molar-refractivity contribution is -0.137. The Morgan fingerprint density at radius 1 is 1.20 bits per heavy atom. The van der Waals surface area contributed by atoms with E-state index < -0.39 is 11.7 Å². The minimum Gasteiger partial charge on any atom is -0.507 e. The van der Waals surface area contributed by atoms with Crippen LogP contribution in [-0.2, 0) is 20.8 Å². The molecule has 2 N–H and O–H groups in total. The zero-order chi connectivity index (χ0) is 25.2. The maximum Gasteiger partial charge on any atom is 0.342 e. The van der Waals surface area contributed by atoms with Gasteiger partial charge in [-0.05, 0) is 56.1 Å². The number of ether oxygens (including phenoxy) is 1. The standard InChI is InChI=1S/C26H33ClN2O6/c1-18-9-4-2-7-14-34-26(33)24-20(25(27)22(31)16-21(24)30)15-19(11-8-10-18)28-35-17-23(32)29-12-5-3-6-13-29/h4,8-9,11,16,18,30-31H,2-3,5-7,10,12-15,17H2,1H3/b9-4+,11-8+,28-19-. The van der Waals surface area contributed by atoms with E-state index in [9.17, 15) is 19.8 Å². The zero-order valence-corrected chi connectivity index (χ0v) is 20.8. The first-order valence-electron chi connectivity index (χ1n) is 12.1. The number of esters is 1. The molecule has 0 bridgehead atoms. The van der Waals surface area contributed by atoms with Crippen molar-refractivity contribution in [2.75, 3.05) is 26.3 Å². The fraction of sp³-hybridized carbons (Fsp3) is 0.500. The molecule has 2 heterocycles. The molecule has 1 fully saturated rings. The van der Waals surface area contributed by atoms with Crippen molar-refractivity contribution in [1.29, 1.82) is 0 Å². The predicted molar refractivity (Wildman–Crippen MR) is 134 cm³/mol. The largest absolute Gasteiger partial charge is 0.507 e. The van der Waals surface area contributed by atoms with Crippen LogP contribution >= 0.6 is 11.6 Å². The Morgan fingerprint density at radius 3 is 2.74 bits per heavy atom. The van der Waals surface area contributed by atoms with Crippen molar-refractivity contribution in [3.63, 3.8) is 0 Å². The number of likely N-dealkylation sites (tertiary alicyclic amines) is 1. The molecule has 2 aliphatic heterocycles. The Kier molecular flexibility index (Phi) is 10.0. The smallest absolute Gasteiger partial charge is 0.342 e. The molecule has 190 valence electrons. The van der Waals surface area contributed by atoms with Crippen molar-refractivity contribution in [2.24, 2.45) is 11.1 Å². The van der Waals surface area contributed by atoms with E-state index in [-0.39, 0.29) is 53.4 Å². The van der Waals surface area contributed by atoms with E-state index in [2.05, 4.69) is 24.2 Å². The zero-order valence-electron chi connectivity index (χ0n) is 20.0. The van der Waals surface area contributed by atoms with Crippen LogP contribution in [0.4, 0.5) is 0 Å². The third-order valence-corrected chi connectivity index (χ3v) is 6.41. The molecule has 2 aliphatic rings. The molecule has 1 saturated heterocycles. The number of carbonyl (C=O) groups is 2. The summed E-state index contributed by atoms with van der Waals surface area (Å²) in [4.78, 5) is 32.4. The molecular weight excluding hydrogens is 472 g/mol. The van der Waals surface area contributed by atoms with E-state index in [0.29, 0.717) is 25.2 Å². The van der Waals surface area contributed by atoms with E-state index in [1.807, 2.05) is 6.08 Å². The van der Waals surface area contributed by atoms with Gasteiger partial charge in [-0.25, -0.2) is 4.79 Å². The molecule has 1 unspecified atom stereocenters. The van der Waals surface area contributed by atoms with Crippen LogP contribution < -0.4 is 0 Å². The number of phenolic OH excluding ortho intramolecular Hbond substituents is 2. The third kappa shape index (κ3) is 7.75. The molecule has 3 rings (SSSR count). The highest BCUT2D eigenvalue weighted by molar-refractivity contribution is 6.33. The van der Waals surface area contributed by atoms with Crippen LogP contribution in [-0.4, -0.2) is 59.0 Å². The van der Waals surface area contributed by atoms with Crippen LogP contribution in [0.25, 0.3) is 0 Å². The van der Waals surface area contributed by atoms with Gasteiger partial charge >= 0.3 is 5.97 Å². The Balaban J connectivity index is 1.88. The van der Waals surface area contributed by atoms with Gasteiger partial charge in [0.15, 0.2) is 6.61 Å². The molecule has 35 heavy (non-hydrogen) atoms. The second-order valence-corrected chi connectivity index (χ2v) is 9.26. The minimum atomic E-state index is -0.740. The van der Waals surface area contributed by atoms with Crippen molar-refractivity contribution in [1.82, 2.24) is 4.90 Å². The third-order valence-electron chi connectivity index (χ3n) is 5.99. The number of benzene rings is 1. The molecule has 0 aromatic heterocycles. The number of hydrogen-bond donors (Lipinski definition) is 2. The van der Waals surface area contributed by atoms with Crippen molar-refractivity contribution < 1.29 is 29.4 Å². The fourth-order valence-electron chi connectivity index (χ4n) is 4.05. The Bertz CT molecular complexity index is 998. The number of amides is 1.